The number of urea groups is 1. The first kappa shape index (κ1) is 19.0. The quantitative estimate of drug-likeness (QED) is 0.708. The first-order valence-corrected chi connectivity index (χ1v) is 9.08. The van der Waals surface area contributed by atoms with E-state index in [-0.39, 0.29) is 25.8 Å². The lowest BCUT2D eigenvalue weighted by Crippen LogP contribution is -2.45. The van der Waals surface area contributed by atoms with E-state index < -0.39 is 17.5 Å². The number of benzene rings is 1. The van der Waals surface area contributed by atoms with Crippen molar-refractivity contribution in [1.29, 1.82) is 0 Å². The summed E-state index contributed by atoms with van der Waals surface area (Å²) in [5.74, 6) is 0.975. The molecule has 2 heterocycles. The molecular weight excluding hydrogens is 350 g/mol. The molecule has 2 N–H and O–H groups in total. The number of fused-ring (bicyclic) bond motifs is 1. The number of imide groups is 1. The van der Waals surface area contributed by atoms with Crippen molar-refractivity contribution >= 4 is 17.8 Å². The molecule has 1 atom stereocenters. The van der Waals surface area contributed by atoms with Gasteiger partial charge in [-0.2, -0.15) is 0 Å². The van der Waals surface area contributed by atoms with Crippen molar-refractivity contribution < 1.29 is 23.9 Å². The lowest BCUT2D eigenvalue weighted by Gasteiger charge is -2.22. The van der Waals surface area contributed by atoms with Crippen LogP contribution in [0.5, 0.6) is 11.5 Å². The second-order valence-corrected chi connectivity index (χ2v) is 7.55. The Morgan fingerprint density at radius 1 is 1.30 bits per heavy atom. The van der Waals surface area contributed by atoms with Crippen molar-refractivity contribution in [2.24, 2.45) is 5.92 Å². The number of carbonyl (C=O) groups is 3. The van der Waals surface area contributed by atoms with Crippen molar-refractivity contribution in [3.63, 3.8) is 0 Å². The summed E-state index contributed by atoms with van der Waals surface area (Å²) in [6, 6.07) is 4.87. The van der Waals surface area contributed by atoms with Crippen LogP contribution >= 0.6 is 0 Å². The highest BCUT2D eigenvalue weighted by Gasteiger charge is 2.47. The second kappa shape index (κ2) is 7.46. The standard InChI is InChI=1S/C19H25N3O5/c1-12(2)6-7-19(3)17(24)22(18(25)21-19)10-16(23)20-9-13-4-5-14-15(8-13)27-11-26-14/h4-5,8,12H,6-7,9-11H2,1-3H3,(H,20,23)(H,21,25)/t19-/m1/s1. The van der Waals surface area contributed by atoms with Crippen LogP contribution in [0.3, 0.4) is 0 Å². The van der Waals surface area contributed by atoms with E-state index in [0.717, 1.165) is 16.9 Å². The summed E-state index contributed by atoms with van der Waals surface area (Å²) in [5, 5.41) is 5.45. The van der Waals surface area contributed by atoms with Gasteiger partial charge in [0.1, 0.15) is 12.1 Å². The van der Waals surface area contributed by atoms with E-state index in [9.17, 15) is 14.4 Å². The topological polar surface area (TPSA) is 97.0 Å². The van der Waals surface area contributed by atoms with Crippen molar-refractivity contribution in [1.82, 2.24) is 15.5 Å². The second-order valence-electron chi connectivity index (χ2n) is 7.55. The first-order chi connectivity index (χ1) is 12.8. The van der Waals surface area contributed by atoms with E-state index in [1.165, 1.54) is 0 Å². The van der Waals surface area contributed by atoms with Gasteiger partial charge in [-0.15, -0.1) is 0 Å². The van der Waals surface area contributed by atoms with Crippen molar-refractivity contribution in [2.45, 2.75) is 45.7 Å². The van der Waals surface area contributed by atoms with Crippen LogP contribution < -0.4 is 20.1 Å². The van der Waals surface area contributed by atoms with Gasteiger partial charge in [0, 0.05) is 6.54 Å². The van der Waals surface area contributed by atoms with Gasteiger partial charge in [0.2, 0.25) is 12.7 Å². The van der Waals surface area contributed by atoms with Crippen LogP contribution in [0.4, 0.5) is 4.79 Å². The molecule has 3 rings (SSSR count). The summed E-state index contributed by atoms with van der Waals surface area (Å²) in [7, 11) is 0. The minimum Gasteiger partial charge on any atom is -0.454 e. The Morgan fingerprint density at radius 3 is 2.78 bits per heavy atom. The minimum absolute atomic E-state index is 0.187. The van der Waals surface area contributed by atoms with Crippen LogP contribution in [0.25, 0.3) is 0 Å². The van der Waals surface area contributed by atoms with Gasteiger partial charge in [-0.25, -0.2) is 4.79 Å². The molecule has 146 valence electrons. The number of nitrogens with zero attached hydrogens (tertiary/aromatic N) is 1. The summed E-state index contributed by atoms with van der Waals surface area (Å²) in [5.41, 5.74) is -0.106. The average Bonchev–Trinajstić information content (AvgIpc) is 3.16. The van der Waals surface area contributed by atoms with Crippen LogP contribution in [0.15, 0.2) is 18.2 Å². The van der Waals surface area contributed by atoms with Gasteiger partial charge in [0.25, 0.3) is 5.91 Å². The van der Waals surface area contributed by atoms with E-state index in [4.69, 9.17) is 9.47 Å². The lowest BCUT2D eigenvalue weighted by molar-refractivity contribution is -0.134. The molecule has 0 aromatic heterocycles. The van der Waals surface area contributed by atoms with Crippen molar-refractivity contribution in [2.75, 3.05) is 13.3 Å². The number of amides is 4. The Labute approximate surface area is 158 Å². The van der Waals surface area contributed by atoms with E-state index in [1.807, 2.05) is 6.07 Å². The van der Waals surface area contributed by atoms with Gasteiger partial charge in [0.05, 0.1) is 0 Å². The largest absolute Gasteiger partial charge is 0.454 e. The van der Waals surface area contributed by atoms with Crippen molar-refractivity contribution in [3.05, 3.63) is 23.8 Å². The Bertz CT molecular complexity index is 764. The lowest BCUT2D eigenvalue weighted by atomic mass is 9.92. The van der Waals surface area contributed by atoms with Crippen LogP contribution in [0.1, 0.15) is 39.2 Å². The smallest absolute Gasteiger partial charge is 0.325 e. The molecule has 27 heavy (non-hydrogen) atoms. The first-order valence-electron chi connectivity index (χ1n) is 9.08. The third-order valence-electron chi connectivity index (χ3n) is 4.80. The summed E-state index contributed by atoms with van der Waals surface area (Å²) >= 11 is 0. The Morgan fingerprint density at radius 2 is 2.04 bits per heavy atom. The fourth-order valence-electron chi connectivity index (χ4n) is 3.09. The zero-order valence-corrected chi connectivity index (χ0v) is 15.8. The third-order valence-corrected chi connectivity index (χ3v) is 4.80. The molecule has 1 fully saturated rings. The molecule has 0 aliphatic carbocycles. The maximum absolute atomic E-state index is 12.6. The molecule has 1 saturated heterocycles. The zero-order chi connectivity index (χ0) is 19.6. The SMILES string of the molecule is CC(C)CC[C@@]1(C)NC(=O)N(CC(=O)NCc2ccc3c(c2)OCO3)C1=O. The molecule has 0 spiro atoms. The maximum Gasteiger partial charge on any atom is 0.325 e. The van der Waals surface area contributed by atoms with E-state index in [1.54, 1.807) is 19.1 Å². The molecule has 0 unspecified atom stereocenters. The van der Waals surface area contributed by atoms with E-state index in [0.29, 0.717) is 23.8 Å². The van der Waals surface area contributed by atoms with Gasteiger partial charge in [-0.3, -0.25) is 14.5 Å². The molecule has 8 nitrogen and oxygen atoms in total. The van der Waals surface area contributed by atoms with Gasteiger partial charge in [-0.1, -0.05) is 19.9 Å². The summed E-state index contributed by atoms with van der Waals surface area (Å²) in [6.45, 7) is 5.99. The summed E-state index contributed by atoms with van der Waals surface area (Å²) < 4.78 is 10.6. The van der Waals surface area contributed by atoms with Crippen LogP contribution in [0.2, 0.25) is 0 Å². The normalized spacial score (nSPS) is 21.0. The monoisotopic (exact) mass is 375 g/mol. The van der Waals surface area contributed by atoms with Crippen LogP contribution in [-0.2, 0) is 16.1 Å². The highest BCUT2D eigenvalue weighted by molar-refractivity contribution is 6.08. The number of rotatable bonds is 7. The van der Waals surface area contributed by atoms with Crippen molar-refractivity contribution in [3.8, 4) is 11.5 Å². The molecule has 0 bridgehead atoms. The number of ether oxygens (including phenoxy) is 2. The summed E-state index contributed by atoms with van der Waals surface area (Å²) in [4.78, 5) is 38.0. The summed E-state index contributed by atoms with van der Waals surface area (Å²) in [6.07, 6.45) is 1.36. The van der Waals surface area contributed by atoms with Gasteiger partial charge >= 0.3 is 6.03 Å². The zero-order valence-electron chi connectivity index (χ0n) is 15.8. The fraction of sp³-hybridized carbons (Fsp3) is 0.526. The van der Waals surface area contributed by atoms with Crippen LogP contribution in [-0.4, -0.2) is 41.6 Å². The molecule has 1 aromatic carbocycles. The number of hydrogen-bond donors (Lipinski definition) is 2. The fourth-order valence-corrected chi connectivity index (χ4v) is 3.09. The molecule has 2 aliphatic rings. The van der Waals surface area contributed by atoms with Crippen LogP contribution in [0, 0.1) is 5.92 Å². The molecule has 4 amide bonds. The Kier molecular flexibility index (Phi) is 5.25. The Balaban J connectivity index is 1.54. The van der Waals surface area contributed by atoms with Gasteiger partial charge in [0.15, 0.2) is 11.5 Å². The molecule has 2 aliphatic heterocycles. The molecule has 0 saturated carbocycles. The predicted octanol–water partition coefficient (Wildman–Crippen LogP) is 1.78. The van der Waals surface area contributed by atoms with E-state index in [2.05, 4.69) is 24.5 Å². The minimum atomic E-state index is -0.945. The predicted molar refractivity (Wildman–Crippen MR) is 97.1 cm³/mol. The highest BCUT2D eigenvalue weighted by Crippen LogP contribution is 2.32. The number of nitrogens with one attached hydrogen (secondary N) is 2. The van der Waals surface area contributed by atoms with Gasteiger partial charge in [-0.05, 0) is 43.4 Å². The van der Waals surface area contributed by atoms with E-state index >= 15 is 0 Å². The highest BCUT2D eigenvalue weighted by atomic mass is 16.7. The number of carbonyl (C=O) groups excluding carboxylic acids is 3. The molecular formula is C19H25N3O5. The Hall–Kier alpha value is -2.77. The maximum atomic E-state index is 12.6. The third kappa shape index (κ3) is 4.15. The molecule has 8 heteroatoms. The molecule has 1 aromatic rings. The number of hydrogen-bond acceptors (Lipinski definition) is 5. The average molecular weight is 375 g/mol. The molecule has 0 radical (unpaired) electrons. The van der Waals surface area contributed by atoms with Gasteiger partial charge < -0.3 is 20.1 Å².